The van der Waals surface area contributed by atoms with Gasteiger partial charge in [0, 0.05) is 31.7 Å². The van der Waals surface area contributed by atoms with Crippen LogP contribution in [0.4, 0.5) is 0 Å². The van der Waals surface area contributed by atoms with Crippen molar-refractivity contribution in [2.45, 2.75) is 38.5 Å². The lowest BCUT2D eigenvalue weighted by atomic mass is 9.88. The molecule has 2 rings (SSSR count). The minimum Gasteiger partial charge on any atom is -0.396 e. The largest absolute Gasteiger partial charge is 0.396 e. The Kier molecular flexibility index (Phi) is 4.07. The molecule has 6 heteroatoms. The van der Waals surface area contributed by atoms with Gasteiger partial charge in [0.25, 0.3) is 10.2 Å². The Morgan fingerprint density at radius 2 is 1.71 bits per heavy atom. The summed E-state index contributed by atoms with van der Waals surface area (Å²) in [5, 5.41) is 9.43. The van der Waals surface area contributed by atoms with E-state index in [4.69, 9.17) is 0 Å². The molecule has 0 bridgehead atoms. The topological polar surface area (TPSA) is 69.6 Å². The molecule has 17 heavy (non-hydrogen) atoms. The van der Waals surface area contributed by atoms with Crippen molar-refractivity contribution in [1.82, 2.24) is 9.03 Å². The van der Waals surface area contributed by atoms with E-state index in [1.807, 2.05) is 0 Å². The van der Waals surface area contributed by atoms with Crippen molar-refractivity contribution in [3.8, 4) is 0 Å². The third-order valence-corrected chi connectivity index (χ3v) is 5.59. The van der Waals surface area contributed by atoms with Gasteiger partial charge in [0.1, 0.15) is 0 Å². The van der Waals surface area contributed by atoms with Crippen LogP contribution in [-0.4, -0.2) is 44.1 Å². The Morgan fingerprint density at radius 3 is 2.24 bits per heavy atom. The van der Waals surface area contributed by atoms with Crippen LogP contribution in [0.2, 0.25) is 0 Å². The predicted octanol–water partition coefficient (Wildman–Crippen LogP) is 0.469. The normalized spacial score (nSPS) is 25.5. The zero-order chi connectivity index (χ0) is 12.4. The minimum atomic E-state index is -3.32. The summed E-state index contributed by atoms with van der Waals surface area (Å²) < 4.78 is 28.1. The number of nitrogens with zero attached hydrogens (tertiary/aromatic N) is 1. The maximum absolute atomic E-state index is 12.0. The summed E-state index contributed by atoms with van der Waals surface area (Å²) in [6.45, 7) is 1.71. The third kappa shape index (κ3) is 2.99. The predicted molar refractivity (Wildman–Crippen MR) is 65.7 cm³/mol. The maximum Gasteiger partial charge on any atom is 0.279 e. The Labute approximate surface area is 103 Å². The first kappa shape index (κ1) is 13.3. The highest BCUT2D eigenvalue weighted by molar-refractivity contribution is 7.87. The fraction of sp³-hybridized carbons (Fsp3) is 1.00. The van der Waals surface area contributed by atoms with Crippen LogP contribution >= 0.6 is 0 Å². The molecule has 2 fully saturated rings. The monoisotopic (exact) mass is 262 g/mol. The molecule has 1 aliphatic heterocycles. The highest BCUT2D eigenvalue weighted by atomic mass is 32.2. The molecular formula is C11H22N2O3S. The molecule has 0 aromatic heterocycles. The molecule has 1 saturated carbocycles. The fourth-order valence-corrected chi connectivity index (χ4v) is 4.19. The molecule has 0 aromatic carbocycles. The standard InChI is InChI=1S/C11H22N2O3S/c14-10-11(5-1-2-6-11)9-12-17(15,16)13-7-3-4-8-13/h12,14H,1-10H2. The van der Waals surface area contributed by atoms with Crippen molar-refractivity contribution in [3.05, 3.63) is 0 Å². The fourth-order valence-electron chi connectivity index (χ4n) is 2.78. The lowest BCUT2D eigenvalue weighted by molar-refractivity contribution is 0.134. The van der Waals surface area contributed by atoms with Crippen LogP contribution in [0.1, 0.15) is 38.5 Å². The zero-order valence-corrected chi connectivity index (χ0v) is 11.0. The van der Waals surface area contributed by atoms with E-state index >= 15 is 0 Å². The lowest BCUT2D eigenvalue weighted by Crippen LogP contribution is -2.44. The average Bonchev–Trinajstić information content (AvgIpc) is 2.99. The van der Waals surface area contributed by atoms with Gasteiger partial charge in [-0.2, -0.15) is 12.7 Å². The first-order valence-electron chi connectivity index (χ1n) is 6.44. The number of hydrogen-bond donors (Lipinski definition) is 2. The second-order valence-corrected chi connectivity index (χ2v) is 7.05. The molecule has 0 aromatic rings. The van der Waals surface area contributed by atoms with Gasteiger partial charge >= 0.3 is 0 Å². The molecule has 0 spiro atoms. The Morgan fingerprint density at radius 1 is 1.12 bits per heavy atom. The Balaban J connectivity index is 1.92. The number of nitrogens with one attached hydrogen (secondary N) is 1. The van der Waals surface area contributed by atoms with Gasteiger partial charge in [-0.3, -0.25) is 0 Å². The third-order valence-electron chi connectivity index (χ3n) is 4.03. The van der Waals surface area contributed by atoms with E-state index in [1.54, 1.807) is 0 Å². The number of aliphatic hydroxyl groups is 1. The van der Waals surface area contributed by atoms with Crippen LogP contribution in [0, 0.1) is 5.41 Å². The lowest BCUT2D eigenvalue weighted by Gasteiger charge is -2.27. The van der Waals surface area contributed by atoms with Crippen LogP contribution in [0.3, 0.4) is 0 Å². The molecule has 0 radical (unpaired) electrons. The summed E-state index contributed by atoms with van der Waals surface area (Å²) >= 11 is 0. The highest BCUT2D eigenvalue weighted by Crippen LogP contribution is 2.37. The Hall–Kier alpha value is -0.170. The van der Waals surface area contributed by atoms with E-state index in [0.717, 1.165) is 38.5 Å². The molecular weight excluding hydrogens is 240 g/mol. The van der Waals surface area contributed by atoms with Crippen LogP contribution in [0.25, 0.3) is 0 Å². The van der Waals surface area contributed by atoms with Crippen LogP contribution in [-0.2, 0) is 10.2 Å². The zero-order valence-electron chi connectivity index (χ0n) is 10.2. The van der Waals surface area contributed by atoms with Gasteiger partial charge in [-0.1, -0.05) is 12.8 Å². The summed E-state index contributed by atoms with van der Waals surface area (Å²) in [5.74, 6) is 0. The maximum atomic E-state index is 12.0. The first-order chi connectivity index (χ1) is 8.08. The molecule has 2 N–H and O–H groups in total. The van der Waals surface area contributed by atoms with Gasteiger partial charge in [-0.05, 0) is 25.7 Å². The van der Waals surface area contributed by atoms with Gasteiger partial charge in [0.2, 0.25) is 0 Å². The van der Waals surface area contributed by atoms with Crippen molar-refractivity contribution in [3.63, 3.8) is 0 Å². The summed E-state index contributed by atoms with van der Waals surface area (Å²) in [4.78, 5) is 0. The number of rotatable bonds is 5. The van der Waals surface area contributed by atoms with Crippen LogP contribution in [0.15, 0.2) is 0 Å². The second-order valence-electron chi connectivity index (χ2n) is 5.30. The SMILES string of the molecule is O=S(=O)(NCC1(CO)CCCC1)N1CCCC1. The van der Waals surface area contributed by atoms with Crippen molar-refractivity contribution in [2.75, 3.05) is 26.2 Å². The molecule has 2 aliphatic rings. The Bertz CT molecular complexity index is 344. The van der Waals surface area contributed by atoms with E-state index in [-0.39, 0.29) is 12.0 Å². The van der Waals surface area contributed by atoms with Crippen molar-refractivity contribution in [2.24, 2.45) is 5.41 Å². The van der Waals surface area contributed by atoms with E-state index in [0.29, 0.717) is 19.6 Å². The molecule has 5 nitrogen and oxygen atoms in total. The summed E-state index contributed by atoms with van der Waals surface area (Å²) in [5.41, 5.74) is -0.215. The van der Waals surface area contributed by atoms with E-state index < -0.39 is 10.2 Å². The number of hydrogen-bond acceptors (Lipinski definition) is 3. The number of aliphatic hydroxyl groups excluding tert-OH is 1. The molecule has 0 amide bonds. The minimum absolute atomic E-state index is 0.0789. The van der Waals surface area contributed by atoms with E-state index in [1.165, 1.54) is 4.31 Å². The van der Waals surface area contributed by atoms with Crippen LogP contribution < -0.4 is 4.72 Å². The van der Waals surface area contributed by atoms with Crippen molar-refractivity contribution in [1.29, 1.82) is 0 Å². The molecule has 100 valence electrons. The molecule has 0 unspecified atom stereocenters. The molecule has 1 heterocycles. The average molecular weight is 262 g/mol. The summed E-state index contributed by atoms with van der Waals surface area (Å²) in [7, 11) is -3.32. The van der Waals surface area contributed by atoms with Gasteiger partial charge in [-0.25, -0.2) is 4.72 Å². The smallest absolute Gasteiger partial charge is 0.279 e. The van der Waals surface area contributed by atoms with Crippen molar-refractivity contribution >= 4 is 10.2 Å². The quantitative estimate of drug-likeness (QED) is 0.756. The van der Waals surface area contributed by atoms with Gasteiger partial charge in [0.15, 0.2) is 0 Å². The highest BCUT2D eigenvalue weighted by Gasteiger charge is 2.35. The molecule has 1 saturated heterocycles. The van der Waals surface area contributed by atoms with Gasteiger partial charge in [-0.15, -0.1) is 0 Å². The summed E-state index contributed by atoms with van der Waals surface area (Å²) in [6.07, 6.45) is 5.92. The van der Waals surface area contributed by atoms with E-state index in [2.05, 4.69) is 4.72 Å². The first-order valence-corrected chi connectivity index (χ1v) is 7.88. The van der Waals surface area contributed by atoms with E-state index in [9.17, 15) is 13.5 Å². The van der Waals surface area contributed by atoms with Crippen molar-refractivity contribution < 1.29 is 13.5 Å². The van der Waals surface area contributed by atoms with Gasteiger partial charge in [0.05, 0.1) is 0 Å². The molecule has 0 atom stereocenters. The summed E-state index contributed by atoms with van der Waals surface area (Å²) in [6, 6.07) is 0. The van der Waals surface area contributed by atoms with Gasteiger partial charge < -0.3 is 5.11 Å². The second kappa shape index (κ2) is 5.22. The molecule has 1 aliphatic carbocycles. The van der Waals surface area contributed by atoms with Crippen LogP contribution in [0.5, 0.6) is 0 Å².